The molecule has 0 aliphatic carbocycles. The van der Waals surface area contributed by atoms with E-state index in [2.05, 4.69) is 36.2 Å². The summed E-state index contributed by atoms with van der Waals surface area (Å²) in [5, 5.41) is 3.61. The summed E-state index contributed by atoms with van der Waals surface area (Å²) in [6.45, 7) is 8.68. The second-order valence-corrected chi connectivity index (χ2v) is 6.81. The Labute approximate surface area is 127 Å². The molecule has 3 nitrogen and oxygen atoms in total. The van der Waals surface area contributed by atoms with E-state index < -0.39 is 0 Å². The van der Waals surface area contributed by atoms with Gasteiger partial charge in [-0.3, -0.25) is 4.90 Å². The van der Waals surface area contributed by atoms with Gasteiger partial charge in [0.05, 0.1) is 6.61 Å². The quantitative estimate of drug-likeness (QED) is 0.798. The second-order valence-electron chi connectivity index (χ2n) is 5.61. The molecule has 1 fully saturated rings. The molecule has 1 saturated heterocycles. The van der Waals surface area contributed by atoms with Crippen molar-refractivity contribution in [2.24, 2.45) is 0 Å². The zero-order valence-electron chi connectivity index (χ0n) is 13.0. The third-order valence-corrected chi connectivity index (χ3v) is 5.59. The maximum Gasteiger partial charge on any atom is 0.0589 e. The van der Waals surface area contributed by atoms with Gasteiger partial charge in [0.25, 0.3) is 0 Å². The van der Waals surface area contributed by atoms with Crippen molar-refractivity contribution in [1.82, 2.24) is 10.2 Å². The minimum Gasteiger partial charge on any atom is -0.383 e. The lowest BCUT2D eigenvalue weighted by molar-refractivity contribution is 0.119. The number of nitrogens with zero attached hydrogens (tertiary/aromatic N) is 1. The minimum absolute atomic E-state index is 0.484. The van der Waals surface area contributed by atoms with E-state index in [1.54, 1.807) is 7.11 Å². The fourth-order valence-electron chi connectivity index (χ4n) is 2.84. The lowest BCUT2D eigenvalue weighted by Crippen LogP contribution is -2.40. The topological polar surface area (TPSA) is 24.5 Å². The molecule has 2 atom stereocenters. The third-order valence-electron chi connectivity index (χ3n) is 4.19. The molecule has 2 rings (SSSR count). The Morgan fingerprint density at radius 1 is 1.50 bits per heavy atom. The van der Waals surface area contributed by atoms with E-state index in [-0.39, 0.29) is 0 Å². The average Bonchev–Trinajstić information content (AvgIpc) is 3.13. The van der Waals surface area contributed by atoms with Crippen LogP contribution in [0.5, 0.6) is 0 Å². The van der Waals surface area contributed by atoms with Crippen LogP contribution < -0.4 is 5.32 Å². The highest BCUT2D eigenvalue weighted by molar-refractivity contribution is 7.12. The molecule has 1 aliphatic rings. The average molecular weight is 296 g/mol. The van der Waals surface area contributed by atoms with Crippen LogP contribution in [0.1, 0.15) is 42.5 Å². The summed E-state index contributed by atoms with van der Waals surface area (Å²) in [7, 11) is 1.79. The second kappa shape index (κ2) is 8.13. The molecule has 1 aromatic heterocycles. The summed E-state index contributed by atoms with van der Waals surface area (Å²) in [5.41, 5.74) is 0. The number of thiophene rings is 1. The fourth-order valence-corrected chi connectivity index (χ4v) is 3.88. The van der Waals surface area contributed by atoms with Crippen molar-refractivity contribution < 1.29 is 4.74 Å². The molecule has 20 heavy (non-hydrogen) atoms. The first kappa shape index (κ1) is 16.0. The molecular weight excluding hydrogens is 268 g/mol. The molecule has 0 bridgehead atoms. The van der Waals surface area contributed by atoms with E-state index in [9.17, 15) is 0 Å². The van der Waals surface area contributed by atoms with Gasteiger partial charge in [-0.2, -0.15) is 0 Å². The number of aryl methyl sites for hydroxylation is 1. The molecule has 2 unspecified atom stereocenters. The van der Waals surface area contributed by atoms with Crippen LogP contribution in [0.2, 0.25) is 0 Å². The third kappa shape index (κ3) is 4.29. The summed E-state index contributed by atoms with van der Waals surface area (Å²) < 4.78 is 5.29. The first-order valence-corrected chi connectivity index (χ1v) is 8.61. The summed E-state index contributed by atoms with van der Waals surface area (Å²) in [6.07, 6.45) is 3.76. The highest BCUT2D eigenvalue weighted by atomic mass is 32.1. The van der Waals surface area contributed by atoms with Crippen LogP contribution in [0.25, 0.3) is 0 Å². The number of hydrogen-bond donors (Lipinski definition) is 1. The van der Waals surface area contributed by atoms with E-state index >= 15 is 0 Å². The van der Waals surface area contributed by atoms with Crippen LogP contribution in [0, 0.1) is 0 Å². The Morgan fingerprint density at radius 3 is 2.95 bits per heavy atom. The van der Waals surface area contributed by atoms with E-state index in [0.717, 1.165) is 26.1 Å². The molecule has 0 spiro atoms. The maximum atomic E-state index is 5.29. The number of rotatable bonds is 8. The molecule has 1 aromatic rings. The van der Waals surface area contributed by atoms with Crippen molar-refractivity contribution in [1.29, 1.82) is 0 Å². The van der Waals surface area contributed by atoms with Crippen LogP contribution in [0.4, 0.5) is 0 Å². The highest BCUT2D eigenvalue weighted by Gasteiger charge is 2.23. The summed E-state index contributed by atoms with van der Waals surface area (Å²) in [4.78, 5) is 5.53. The Morgan fingerprint density at radius 2 is 2.35 bits per heavy atom. The lowest BCUT2D eigenvalue weighted by Gasteiger charge is -2.30. The largest absolute Gasteiger partial charge is 0.383 e. The first-order valence-electron chi connectivity index (χ1n) is 7.79. The molecule has 2 heterocycles. The SMILES string of the molecule is CCc1ccc(C(C)N(CCOC)CC2CCCN2)s1. The van der Waals surface area contributed by atoms with Crippen LogP contribution >= 0.6 is 11.3 Å². The monoisotopic (exact) mass is 296 g/mol. The summed E-state index contributed by atoms with van der Waals surface area (Å²) >= 11 is 1.96. The van der Waals surface area contributed by atoms with Gasteiger partial charge < -0.3 is 10.1 Å². The minimum atomic E-state index is 0.484. The molecular formula is C16H28N2OS. The van der Waals surface area contributed by atoms with Crippen LogP contribution in [-0.2, 0) is 11.2 Å². The Hall–Kier alpha value is -0.420. The Kier molecular flexibility index (Phi) is 6.49. The van der Waals surface area contributed by atoms with Crippen LogP contribution in [0.3, 0.4) is 0 Å². The van der Waals surface area contributed by atoms with E-state index in [4.69, 9.17) is 4.74 Å². The Bertz CT molecular complexity index is 388. The number of nitrogens with one attached hydrogen (secondary N) is 1. The molecule has 0 amide bonds. The summed E-state index contributed by atoms with van der Waals surface area (Å²) in [6, 6.07) is 5.72. The fraction of sp³-hybridized carbons (Fsp3) is 0.750. The van der Waals surface area contributed by atoms with E-state index in [1.165, 1.54) is 29.1 Å². The van der Waals surface area contributed by atoms with Crippen LogP contribution in [-0.4, -0.2) is 44.3 Å². The van der Waals surface area contributed by atoms with Gasteiger partial charge in [-0.15, -0.1) is 11.3 Å². The van der Waals surface area contributed by atoms with Crippen molar-refractivity contribution in [3.8, 4) is 0 Å². The van der Waals surface area contributed by atoms with Crippen LogP contribution in [0.15, 0.2) is 12.1 Å². The molecule has 4 heteroatoms. The van der Waals surface area contributed by atoms with Gasteiger partial charge >= 0.3 is 0 Å². The van der Waals surface area contributed by atoms with E-state index in [0.29, 0.717) is 12.1 Å². The smallest absolute Gasteiger partial charge is 0.0589 e. The van der Waals surface area contributed by atoms with Gasteiger partial charge in [0, 0.05) is 42.0 Å². The molecule has 0 radical (unpaired) electrons. The summed E-state index contributed by atoms with van der Waals surface area (Å²) in [5.74, 6) is 0. The lowest BCUT2D eigenvalue weighted by atomic mass is 10.1. The van der Waals surface area contributed by atoms with Crippen molar-refractivity contribution in [2.45, 2.75) is 45.2 Å². The van der Waals surface area contributed by atoms with Gasteiger partial charge in [-0.1, -0.05) is 6.92 Å². The molecule has 0 aromatic carbocycles. The zero-order chi connectivity index (χ0) is 14.4. The van der Waals surface area contributed by atoms with Gasteiger partial charge in [0.2, 0.25) is 0 Å². The van der Waals surface area contributed by atoms with Crippen molar-refractivity contribution in [3.63, 3.8) is 0 Å². The predicted octanol–water partition coefficient (Wildman–Crippen LogP) is 3.07. The van der Waals surface area contributed by atoms with Crippen molar-refractivity contribution in [2.75, 3.05) is 33.4 Å². The van der Waals surface area contributed by atoms with Gasteiger partial charge in [-0.25, -0.2) is 0 Å². The molecule has 0 saturated carbocycles. The van der Waals surface area contributed by atoms with E-state index in [1.807, 2.05) is 11.3 Å². The normalized spacial score (nSPS) is 20.7. The Balaban J connectivity index is 1.99. The highest BCUT2D eigenvalue weighted by Crippen LogP contribution is 2.28. The molecule has 1 N–H and O–H groups in total. The van der Waals surface area contributed by atoms with Crippen molar-refractivity contribution in [3.05, 3.63) is 21.9 Å². The molecule has 1 aliphatic heterocycles. The first-order chi connectivity index (χ1) is 9.74. The standard InChI is InChI=1S/C16H28N2OS/c1-4-15-7-8-16(20-15)13(2)18(10-11-19-3)12-14-6-5-9-17-14/h7-8,13-14,17H,4-6,9-12H2,1-3H3. The van der Waals surface area contributed by atoms with Gasteiger partial charge in [0.1, 0.15) is 0 Å². The van der Waals surface area contributed by atoms with Gasteiger partial charge in [0.15, 0.2) is 0 Å². The maximum absolute atomic E-state index is 5.29. The number of methoxy groups -OCH3 is 1. The number of ether oxygens (including phenoxy) is 1. The molecule has 114 valence electrons. The van der Waals surface area contributed by atoms with Gasteiger partial charge in [-0.05, 0) is 44.9 Å². The van der Waals surface area contributed by atoms with Crippen molar-refractivity contribution >= 4 is 11.3 Å². The number of hydrogen-bond acceptors (Lipinski definition) is 4. The predicted molar refractivity (Wildman–Crippen MR) is 86.6 cm³/mol. The zero-order valence-corrected chi connectivity index (χ0v) is 13.8.